The maximum Gasteiger partial charge on any atom is 0.494 e. The molecular formula is C15H18BFO5. The molecule has 0 bridgehead atoms. The van der Waals surface area contributed by atoms with Gasteiger partial charge in [0.15, 0.2) is 18.2 Å². The summed E-state index contributed by atoms with van der Waals surface area (Å²) in [5, 5.41) is 0. The molecule has 0 radical (unpaired) electrons. The van der Waals surface area contributed by atoms with E-state index >= 15 is 0 Å². The van der Waals surface area contributed by atoms with Crippen molar-refractivity contribution in [2.24, 2.45) is 0 Å². The molecule has 0 spiro atoms. The first-order chi connectivity index (χ1) is 10.5. The lowest BCUT2D eigenvalue weighted by atomic mass is 9.79. The van der Waals surface area contributed by atoms with Gasteiger partial charge in [0.2, 0.25) is 0 Å². The first kappa shape index (κ1) is 14.6. The van der Waals surface area contributed by atoms with E-state index in [1.54, 1.807) is 13.8 Å². The summed E-state index contributed by atoms with van der Waals surface area (Å²) in [5.74, 6) is -0.815. The maximum atomic E-state index is 14.6. The molecule has 5 nitrogen and oxygen atoms in total. The zero-order valence-corrected chi connectivity index (χ0v) is 12.5. The standard InChI is InChI=1S/C15H18BFO5/c1-15(2)20-13-11(17)12(19-14(13)21-15)10-8-18-16(22-10)9-6-4-3-5-7-9/h3-7,10-14H,8H2,1-2H3/t10-,11-,12+,13+,14+/m0/s1. The Kier molecular flexibility index (Phi) is 3.50. The largest absolute Gasteiger partial charge is 0.494 e. The molecule has 7 heteroatoms. The van der Waals surface area contributed by atoms with Crippen LogP contribution in [0.3, 0.4) is 0 Å². The third-order valence-electron chi connectivity index (χ3n) is 4.16. The van der Waals surface area contributed by atoms with Gasteiger partial charge in [-0.1, -0.05) is 30.3 Å². The highest BCUT2D eigenvalue weighted by Crippen LogP contribution is 2.40. The Morgan fingerprint density at radius 1 is 1.14 bits per heavy atom. The van der Waals surface area contributed by atoms with Gasteiger partial charge in [-0.05, 0) is 19.3 Å². The molecule has 0 unspecified atom stereocenters. The van der Waals surface area contributed by atoms with Crippen LogP contribution in [0.1, 0.15) is 13.8 Å². The van der Waals surface area contributed by atoms with E-state index < -0.39 is 43.7 Å². The lowest BCUT2D eigenvalue weighted by Crippen LogP contribution is -2.41. The second-order valence-electron chi connectivity index (χ2n) is 6.26. The van der Waals surface area contributed by atoms with Crippen LogP contribution in [0.4, 0.5) is 4.39 Å². The highest BCUT2D eigenvalue weighted by molar-refractivity contribution is 6.61. The van der Waals surface area contributed by atoms with Crippen LogP contribution in [0.25, 0.3) is 0 Å². The molecule has 0 aromatic heterocycles. The minimum atomic E-state index is -1.30. The average Bonchev–Trinajstić information content (AvgIpc) is 3.15. The van der Waals surface area contributed by atoms with Crippen LogP contribution in [0.15, 0.2) is 30.3 Å². The summed E-state index contributed by atoms with van der Waals surface area (Å²) >= 11 is 0. The average molecular weight is 308 g/mol. The van der Waals surface area contributed by atoms with E-state index in [1.165, 1.54) is 0 Å². The monoisotopic (exact) mass is 308 g/mol. The Hall–Kier alpha value is -0.985. The Morgan fingerprint density at radius 2 is 1.91 bits per heavy atom. The van der Waals surface area contributed by atoms with Gasteiger partial charge in [0, 0.05) is 0 Å². The lowest BCUT2D eigenvalue weighted by Gasteiger charge is -2.24. The molecule has 3 saturated heterocycles. The summed E-state index contributed by atoms with van der Waals surface area (Å²) < 4.78 is 42.9. The molecular weight excluding hydrogens is 290 g/mol. The number of benzene rings is 1. The van der Waals surface area contributed by atoms with Gasteiger partial charge in [-0.3, -0.25) is 0 Å². The van der Waals surface area contributed by atoms with Crippen LogP contribution in [-0.2, 0) is 23.5 Å². The van der Waals surface area contributed by atoms with Crippen molar-refractivity contribution in [2.45, 2.75) is 50.4 Å². The molecule has 118 valence electrons. The molecule has 3 aliphatic heterocycles. The zero-order chi connectivity index (χ0) is 15.3. The van der Waals surface area contributed by atoms with Gasteiger partial charge in [-0.2, -0.15) is 0 Å². The Morgan fingerprint density at radius 3 is 2.64 bits per heavy atom. The first-order valence-corrected chi connectivity index (χ1v) is 7.51. The fraction of sp³-hybridized carbons (Fsp3) is 0.600. The highest BCUT2D eigenvalue weighted by atomic mass is 19.1. The Bertz CT molecular complexity index is 542. The van der Waals surface area contributed by atoms with Crippen molar-refractivity contribution < 1.29 is 27.9 Å². The summed E-state index contributed by atoms with van der Waals surface area (Å²) in [6.45, 7) is 3.78. The molecule has 0 aliphatic carbocycles. The molecule has 3 aliphatic rings. The van der Waals surface area contributed by atoms with Crippen LogP contribution >= 0.6 is 0 Å². The lowest BCUT2D eigenvalue weighted by molar-refractivity contribution is -0.218. The van der Waals surface area contributed by atoms with Crippen molar-refractivity contribution in [3.05, 3.63) is 30.3 Å². The number of hydrogen-bond donors (Lipinski definition) is 0. The number of alkyl halides is 1. The SMILES string of the molecule is CC1(C)O[C@H]2O[C@H]([C@@H]3COB(c4ccccc4)O3)[C@H](F)[C@H]2O1. The topological polar surface area (TPSA) is 46.2 Å². The zero-order valence-electron chi connectivity index (χ0n) is 12.5. The predicted octanol–water partition coefficient (Wildman–Crippen LogP) is 1.01. The van der Waals surface area contributed by atoms with E-state index in [0.29, 0.717) is 0 Å². The highest BCUT2D eigenvalue weighted by Gasteiger charge is 2.58. The van der Waals surface area contributed by atoms with Crippen molar-refractivity contribution in [3.63, 3.8) is 0 Å². The fourth-order valence-corrected chi connectivity index (χ4v) is 3.16. The number of halogens is 1. The van der Waals surface area contributed by atoms with E-state index in [1.807, 2.05) is 30.3 Å². The normalized spacial score (nSPS) is 40.1. The molecule has 1 aromatic rings. The summed E-state index contributed by atoms with van der Waals surface area (Å²) in [6.07, 6.45) is -3.90. The van der Waals surface area contributed by atoms with Gasteiger partial charge in [0.05, 0.1) is 12.7 Å². The molecule has 0 N–H and O–H groups in total. The third kappa shape index (κ3) is 2.47. The van der Waals surface area contributed by atoms with Crippen molar-refractivity contribution >= 4 is 12.6 Å². The van der Waals surface area contributed by atoms with Crippen molar-refractivity contribution in [1.82, 2.24) is 0 Å². The quantitative estimate of drug-likeness (QED) is 0.763. The van der Waals surface area contributed by atoms with Gasteiger partial charge in [-0.25, -0.2) is 4.39 Å². The molecule has 4 rings (SSSR count). The van der Waals surface area contributed by atoms with Crippen LogP contribution in [0.5, 0.6) is 0 Å². The summed E-state index contributed by atoms with van der Waals surface area (Å²) in [4.78, 5) is 0. The van der Waals surface area contributed by atoms with E-state index in [-0.39, 0.29) is 6.61 Å². The molecule has 3 fully saturated rings. The van der Waals surface area contributed by atoms with E-state index in [2.05, 4.69) is 0 Å². The van der Waals surface area contributed by atoms with Crippen molar-refractivity contribution in [2.75, 3.05) is 6.61 Å². The second kappa shape index (κ2) is 5.28. The van der Waals surface area contributed by atoms with Crippen molar-refractivity contribution in [1.29, 1.82) is 0 Å². The molecule has 3 heterocycles. The van der Waals surface area contributed by atoms with E-state index in [0.717, 1.165) is 5.46 Å². The number of ether oxygens (including phenoxy) is 3. The molecule has 0 amide bonds. The number of rotatable bonds is 2. The van der Waals surface area contributed by atoms with E-state index in [9.17, 15) is 4.39 Å². The van der Waals surface area contributed by atoms with E-state index in [4.69, 9.17) is 23.5 Å². The van der Waals surface area contributed by atoms with Crippen molar-refractivity contribution in [3.8, 4) is 0 Å². The van der Waals surface area contributed by atoms with Crippen LogP contribution < -0.4 is 5.46 Å². The van der Waals surface area contributed by atoms with Gasteiger partial charge in [0.1, 0.15) is 12.2 Å². The third-order valence-corrected chi connectivity index (χ3v) is 4.16. The van der Waals surface area contributed by atoms with Gasteiger partial charge < -0.3 is 23.5 Å². The Labute approximate surface area is 128 Å². The maximum absolute atomic E-state index is 14.6. The first-order valence-electron chi connectivity index (χ1n) is 7.51. The molecule has 0 saturated carbocycles. The molecule has 1 aromatic carbocycles. The number of fused-ring (bicyclic) bond motifs is 1. The molecule has 22 heavy (non-hydrogen) atoms. The summed E-state index contributed by atoms with van der Waals surface area (Å²) in [7, 11) is -0.485. The number of hydrogen-bond acceptors (Lipinski definition) is 5. The minimum Gasteiger partial charge on any atom is -0.405 e. The fourth-order valence-electron chi connectivity index (χ4n) is 3.16. The van der Waals surface area contributed by atoms with Gasteiger partial charge >= 0.3 is 7.12 Å². The predicted molar refractivity (Wildman–Crippen MR) is 76.2 cm³/mol. The summed E-state index contributed by atoms with van der Waals surface area (Å²) in [5.41, 5.74) is 0.909. The second-order valence-corrected chi connectivity index (χ2v) is 6.26. The van der Waals surface area contributed by atoms with Crippen LogP contribution in [0.2, 0.25) is 0 Å². The van der Waals surface area contributed by atoms with Gasteiger partial charge in [0.25, 0.3) is 0 Å². The molecule has 5 atom stereocenters. The summed E-state index contributed by atoms with van der Waals surface area (Å²) in [6, 6.07) is 9.57. The minimum absolute atomic E-state index is 0.285. The van der Waals surface area contributed by atoms with Crippen LogP contribution in [0, 0.1) is 0 Å². The Balaban J connectivity index is 1.43. The van der Waals surface area contributed by atoms with Crippen LogP contribution in [-0.4, -0.2) is 50.3 Å². The smallest absolute Gasteiger partial charge is 0.405 e. The van der Waals surface area contributed by atoms with Gasteiger partial charge in [-0.15, -0.1) is 0 Å².